The lowest BCUT2D eigenvalue weighted by atomic mass is 10.1. The van der Waals surface area contributed by atoms with Gasteiger partial charge in [0.25, 0.3) is 0 Å². The van der Waals surface area contributed by atoms with E-state index in [0.29, 0.717) is 0 Å². The fourth-order valence-corrected chi connectivity index (χ4v) is 1.92. The van der Waals surface area contributed by atoms with Crippen LogP contribution in [0.4, 0.5) is 0 Å². The molecule has 0 bridgehead atoms. The molecule has 0 heterocycles. The third-order valence-electron chi connectivity index (χ3n) is 2.01. The summed E-state index contributed by atoms with van der Waals surface area (Å²) in [6.45, 7) is 2.25. The van der Waals surface area contributed by atoms with E-state index in [0.717, 1.165) is 0 Å². The van der Waals surface area contributed by atoms with Crippen molar-refractivity contribution in [3.05, 3.63) is 33.4 Å². The zero-order valence-corrected chi connectivity index (χ0v) is 9.67. The van der Waals surface area contributed by atoms with Crippen molar-refractivity contribution in [3.63, 3.8) is 0 Å². The summed E-state index contributed by atoms with van der Waals surface area (Å²) in [5.74, 6) is 0. The summed E-state index contributed by atoms with van der Waals surface area (Å²) in [6.07, 6.45) is 5.23. The molecule has 1 rings (SSSR count). The number of benzene rings is 1. The van der Waals surface area contributed by atoms with Crippen molar-refractivity contribution in [3.8, 4) is 0 Å². The predicted octanol–water partition coefficient (Wildman–Crippen LogP) is 4.02. The lowest BCUT2D eigenvalue weighted by Gasteiger charge is -2.02. The Hall–Kier alpha value is -0.0500. The number of halogens is 1. The van der Waals surface area contributed by atoms with E-state index in [1.807, 2.05) is 0 Å². The summed E-state index contributed by atoms with van der Waals surface area (Å²) >= 11 is 2.41. The number of hydrogen-bond acceptors (Lipinski definition) is 0. The molecule has 0 fully saturated rings. The molecular formula is C11H15I. The van der Waals surface area contributed by atoms with E-state index in [4.69, 9.17) is 0 Å². The molecule has 0 saturated carbocycles. The van der Waals surface area contributed by atoms with Crippen molar-refractivity contribution in [1.82, 2.24) is 0 Å². The second-order valence-electron chi connectivity index (χ2n) is 3.05. The molecule has 0 unspecified atom stereocenters. The van der Waals surface area contributed by atoms with Gasteiger partial charge in [-0.2, -0.15) is 0 Å². The van der Waals surface area contributed by atoms with Crippen LogP contribution in [0.3, 0.4) is 0 Å². The average molecular weight is 274 g/mol. The molecular weight excluding hydrogens is 259 g/mol. The summed E-state index contributed by atoms with van der Waals surface area (Å²) in [5.41, 5.74) is 1.51. The van der Waals surface area contributed by atoms with Gasteiger partial charge in [0, 0.05) is 3.57 Å². The molecule has 0 aliphatic rings. The van der Waals surface area contributed by atoms with E-state index in [2.05, 4.69) is 53.8 Å². The van der Waals surface area contributed by atoms with Crippen LogP contribution in [0.5, 0.6) is 0 Å². The highest BCUT2D eigenvalue weighted by Crippen LogP contribution is 2.14. The van der Waals surface area contributed by atoms with E-state index in [1.54, 1.807) is 0 Å². The monoisotopic (exact) mass is 274 g/mol. The maximum atomic E-state index is 2.41. The Morgan fingerprint density at radius 3 is 2.58 bits per heavy atom. The van der Waals surface area contributed by atoms with Crippen LogP contribution in [0.15, 0.2) is 24.3 Å². The molecule has 1 heteroatoms. The average Bonchev–Trinajstić information content (AvgIpc) is 2.09. The highest BCUT2D eigenvalue weighted by Gasteiger charge is 1.96. The fourth-order valence-electron chi connectivity index (χ4n) is 1.27. The summed E-state index contributed by atoms with van der Waals surface area (Å²) in [5, 5.41) is 0. The normalized spacial score (nSPS) is 10.2. The van der Waals surface area contributed by atoms with E-state index in [1.165, 1.54) is 34.8 Å². The van der Waals surface area contributed by atoms with Crippen molar-refractivity contribution >= 4 is 22.6 Å². The molecule has 0 radical (unpaired) electrons. The Morgan fingerprint density at radius 1 is 1.17 bits per heavy atom. The van der Waals surface area contributed by atoms with Crippen molar-refractivity contribution in [2.75, 3.05) is 0 Å². The highest BCUT2D eigenvalue weighted by atomic mass is 127. The van der Waals surface area contributed by atoms with Gasteiger partial charge in [0.05, 0.1) is 0 Å². The lowest BCUT2D eigenvalue weighted by Crippen LogP contribution is -1.88. The smallest absolute Gasteiger partial charge is 0.0162 e. The number of rotatable bonds is 4. The number of hydrogen-bond donors (Lipinski definition) is 0. The Labute approximate surface area is 88.5 Å². The van der Waals surface area contributed by atoms with Gasteiger partial charge < -0.3 is 0 Å². The molecule has 0 aliphatic carbocycles. The second kappa shape index (κ2) is 5.57. The summed E-state index contributed by atoms with van der Waals surface area (Å²) in [6, 6.07) is 8.65. The zero-order valence-electron chi connectivity index (χ0n) is 7.52. The number of unbranched alkanes of at least 4 members (excludes halogenated alkanes) is 2. The lowest BCUT2D eigenvalue weighted by molar-refractivity contribution is 0.716. The molecule has 0 N–H and O–H groups in total. The molecule has 66 valence electrons. The largest absolute Gasteiger partial charge is 0.0654 e. The molecule has 0 nitrogen and oxygen atoms in total. The zero-order chi connectivity index (χ0) is 8.81. The van der Waals surface area contributed by atoms with E-state index in [9.17, 15) is 0 Å². The van der Waals surface area contributed by atoms with Crippen molar-refractivity contribution in [2.24, 2.45) is 0 Å². The minimum absolute atomic E-state index is 1.24. The molecule has 12 heavy (non-hydrogen) atoms. The molecule has 0 spiro atoms. The topological polar surface area (TPSA) is 0 Å². The van der Waals surface area contributed by atoms with Crippen LogP contribution in [-0.2, 0) is 6.42 Å². The Bertz CT molecular complexity index is 230. The predicted molar refractivity (Wildman–Crippen MR) is 62.4 cm³/mol. The first-order valence-corrected chi connectivity index (χ1v) is 5.66. The molecule has 1 aromatic carbocycles. The first-order valence-electron chi connectivity index (χ1n) is 4.58. The van der Waals surface area contributed by atoms with Crippen LogP contribution in [0.1, 0.15) is 31.7 Å². The standard InChI is InChI=1S/C11H15I/c1-2-3-4-7-10-8-5-6-9-11(10)12/h5-6,8-9H,2-4,7H2,1H3. The Morgan fingerprint density at radius 2 is 1.92 bits per heavy atom. The number of aryl methyl sites for hydroxylation is 1. The first-order chi connectivity index (χ1) is 5.84. The van der Waals surface area contributed by atoms with Crippen molar-refractivity contribution in [2.45, 2.75) is 32.6 Å². The maximum Gasteiger partial charge on any atom is 0.0162 e. The van der Waals surface area contributed by atoms with E-state index < -0.39 is 0 Å². The van der Waals surface area contributed by atoms with Crippen molar-refractivity contribution < 1.29 is 0 Å². The van der Waals surface area contributed by atoms with Crippen LogP contribution >= 0.6 is 22.6 Å². The quantitative estimate of drug-likeness (QED) is 0.574. The Kier molecular flexibility index (Phi) is 4.66. The third-order valence-corrected chi connectivity index (χ3v) is 3.06. The molecule has 0 aliphatic heterocycles. The van der Waals surface area contributed by atoms with Gasteiger partial charge in [0.2, 0.25) is 0 Å². The van der Waals surface area contributed by atoms with Crippen LogP contribution in [0, 0.1) is 3.57 Å². The first kappa shape index (κ1) is 10.0. The Balaban J connectivity index is 2.46. The van der Waals surface area contributed by atoms with Crippen molar-refractivity contribution in [1.29, 1.82) is 0 Å². The molecule has 0 saturated heterocycles. The maximum absolute atomic E-state index is 2.41. The fraction of sp³-hybridized carbons (Fsp3) is 0.455. The van der Waals surface area contributed by atoms with Gasteiger partial charge in [-0.05, 0) is 47.1 Å². The van der Waals surface area contributed by atoms with Gasteiger partial charge in [0.15, 0.2) is 0 Å². The SMILES string of the molecule is CCCCCc1ccccc1I. The molecule has 1 aromatic rings. The second-order valence-corrected chi connectivity index (χ2v) is 4.21. The minimum Gasteiger partial charge on any atom is -0.0654 e. The van der Waals surface area contributed by atoms with Gasteiger partial charge in [-0.25, -0.2) is 0 Å². The van der Waals surface area contributed by atoms with Gasteiger partial charge >= 0.3 is 0 Å². The van der Waals surface area contributed by atoms with E-state index in [-0.39, 0.29) is 0 Å². The summed E-state index contributed by atoms with van der Waals surface area (Å²) < 4.78 is 1.41. The molecule has 0 atom stereocenters. The van der Waals surface area contributed by atoms with Gasteiger partial charge in [-0.15, -0.1) is 0 Å². The van der Waals surface area contributed by atoms with Gasteiger partial charge in [-0.1, -0.05) is 38.0 Å². The summed E-state index contributed by atoms with van der Waals surface area (Å²) in [4.78, 5) is 0. The molecule has 0 aromatic heterocycles. The van der Waals surface area contributed by atoms with Gasteiger partial charge in [0.1, 0.15) is 0 Å². The highest BCUT2D eigenvalue weighted by molar-refractivity contribution is 14.1. The summed E-state index contributed by atoms with van der Waals surface area (Å²) in [7, 11) is 0. The van der Waals surface area contributed by atoms with Crippen LogP contribution in [0.2, 0.25) is 0 Å². The van der Waals surface area contributed by atoms with Gasteiger partial charge in [-0.3, -0.25) is 0 Å². The molecule has 0 amide bonds. The van der Waals surface area contributed by atoms with Crippen LogP contribution < -0.4 is 0 Å². The van der Waals surface area contributed by atoms with Crippen LogP contribution in [-0.4, -0.2) is 0 Å². The third kappa shape index (κ3) is 3.13. The minimum atomic E-state index is 1.24. The van der Waals surface area contributed by atoms with Crippen LogP contribution in [0.25, 0.3) is 0 Å². The van der Waals surface area contributed by atoms with E-state index >= 15 is 0 Å².